The molecule has 2 atom stereocenters. The van der Waals surface area contributed by atoms with Gasteiger partial charge < -0.3 is 19.7 Å². The molecule has 2 aliphatic rings. The van der Waals surface area contributed by atoms with Crippen LogP contribution in [0.4, 0.5) is 17.5 Å². The standard InChI is InChI=1S/C28H35N7OS/c1-18-10-23(14-25(11-18)36-4)31-28-30-15-22-16-34(17-26(22)32-28)24-7-9-35(19(2)12-24)20(3)21-6-8-29-27(13-21)33-37-5/h6,8,10-11,13-15,19,24H,3,7,9,12,16-17H2,1-2,4-5H3,(H,29,33)(H,30,31,32)/t19-,24-/m1/s1. The summed E-state index contributed by atoms with van der Waals surface area (Å²) in [4.78, 5) is 18.8. The van der Waals surface area contributed by atoms with Crippen LogP contribution in [0.25, 0.3) is 5.70 Å². The fourth-order valence-corrected chi connectivity index (χ4v) is 5.70. The molecule has 2 N–H and O–H groups in total. The lowest BCUT2D eigenvalue weighted by Crippen LogP contribution is -2.46. The molecule has 9 heteroatoms. The van der Waals surface area contributed by atoms with Crippen LogP contribution < -0.4 is 14.8 Å². The topological polar surface area (TPSA) is 78.4 Å². The van der Waals surface area contributed by atoms with E-state index in [0.717, 1.165) is 72.2 Å². The second kappa shape index (κ2) is 11.0. The number of hydrogen-bond donors (Lipinski definition) is 2. The van der Waals surface area contributed by atoms with Crippen LogP contribution in [0.1, 0.15) is 42.1 Å². The summed E-state index contributed by atoms with van der Waals surface area (Å²) in [6.45, 7) is 11.5. The molecule has 2 aliphatic heterocycles. The Morgan fingerprint density at radius 2 is 2.05 bits per heavy atom. The molecule has 0 unspecified atom stereocenters. The Morgan fingerprint density at radius 1 is 1.19 bits per heavy atom. The molecule has 8 nitrogen and oxygen atoms in total. The number of aryl methyl sites for hydroxylation is 1. The maximum Gasteiger partial charge on any atom is 0.227 e. The largest absolute Gasteiger partial charge is 0.497 e. The Kier molecular flexibility index (Phi) is 7.53. The first kappa shape index (κ1) is 25.4. The van der Waals surface area contributed by atoms with Gasteiger partial charge in [-0.2, -0.15) is 0 Å². The van der Waals surface area contributed by atoms with E-state index in [-0.39, 0.29) is 0 Å². The maximum absolute atomic E-state index is 5.40. The van der Waals surface area contributed by atoms with E-state index in [1.54, 1.807) is 19.1 Å². The Hall–Kier alpha value is -3.30. The second-order valence-corrected chi connectivity index (χ2v) is 10.5. The molecule has 0 amide bonds. The number of likely N-dealkylation sites (tertiary alicyclic amines) is 1. The Labute approximate surface area is 223 Å². The number of ether oxygens (including phenoxy) is 1. The van der Waals surface area contributed by atoms with Gasteiger partial charge in [0.15, 0.2) is 0 Å². The monoisotopic (exact) mass is 517 g/mol. The van der Waals surface area contributed by atoms with Crippen molar-refractivity contribution >= 4 is 35.1 Å². The quantitative estimate of drug-likeness (QED) is 0.379. The third kappa shape index (κ3) is 5.67. The number of methoxy groups -OCH3 is 1. The minimum absolute atomic E-state index is 0.402. The van der Waals surface area contributed by atoms with Crippen molar-refractivity contribution in [2.45, 2.75) is 51.9 Å². The summed E-state index contributed by atoms with van der Waals surface area (Å²) in [5.41, 5.74) is 6.57. The molecule has 0 spiro atoms. The molecule has 0 saturated carbocycles. The predicted octanol–water partition coefficient (Wildman–Crippen LogP) is 5.46. The van der Waals surface area contributed by atoms with Crippen LogP contribution in [0.15, 0.2) is 49.3 Å². The molecule has 4 heterocycles. The average Bonchev–Trinajstić information content (AvgIpc) is 3.32. The number of benzene rings is 1. The Morgan fingerprint density at radius 3 is 2.84 bits per heavy atom. The molecular formula is C28H35N7OS. The van der Waals surface area contributed by atoms with Crippen LogP contribution in [-0.4, -0.2) is 56.7 Å². The molecule has 1 saturated heterocycles. The highest BCUT2D eigenvalue weighted by molar-refractivity contribution is 7.99. The minimum atomic E-state index is 0.402. The number of nitrogens with zero attached hydrogens (tertiary/aromatic N) is 5. The van der Waals surface area contributed by atoms with E-state index in [0.29, 0.717) is 18.0 Å². The van der Waals surface area contributed by atoms with Gasteiger partial charge in [0.1, 0.15) is 11.6 Å². The summed E-state index contributed by atoms with van der Waals surface area (Å²) < 4.78 is 8.61. The zero-order chi connectivity index (χ0) is 25.9. The molecule has 37 heavy (non-hydrogen) atoms. The fourth-order valence-electron chi connectivity index (χ4n) is 5.38. The molecule has 2 aromatic heterocycles. The van der Waals surface area contributed by atoms with E-state index in [2.05, 4.69) is 55.4 Å². The van der Waals surface area contributed by atoms with Crippen LogP contribution in [0.2, 0.25) is 0 Å². The van der Waals surface area contributed by atoms with Crippen molar-refractivity contribution in [3.05, 3.63) is 71.7 Å². The van der Waals surface area contributed by atoms with Gasteiger partial charge in [-0.05, 0) is 56.5 Å². The highest BCUT2D eigenvalue weighted by Crippen LogP contribution is 2.33. The number of anilines is 3. The van der Waals surface area contributed by atoms with E-state index >= 15 is 0 Å². The Bertz CT molecular complexity index is 1280. The number of pyridine rings is 1. The van der Waals surface area contributed by atoms with Crippen LogP contribution in [0.5, 0.6) is 5.75 Å². The van der Waals surface area contributed by atoms with E-state index < -0.39 is 0 Å². The highest BCUT2D eigenvalue weighted by Gasteiger charge is 2.33. The summed E-state index contributed by atoms with van der Waals surface area (Å²) in [6, 6.07) is 11.1. The maximum atomic E-state index is 5.40. The first-order valence-corrected chi connectivity index (χ1v) is 13.9. The predicted molar refractivity (Wildman–Crippen MR) is 152 cm³/mol. The van der Waals surface area contributed by atoms with E-state index in [1.807, 2.05) is 43.8 Å². The number of nitrogens with one attached hydrogen (secondary N) is 2. The zero-order valence-corrected chi connectivity index (χ0v) is 22.8. The van der Waals surface area contributed by atoms with Crippen molar-refractivity contribution in [3.63, 3.8) is 0 Å². The van der Waals surface area contributed by atoms with E-state index in [1.165, 1.54) is 5.56 Å². The van der Waals surface area contributed by atoms with Gasteiger partial charge in [-0.3, -0.25) is 4.90 Å². The van der Waals surface area contributed by atoms with Crippen LogP contribution >= 0.6 is 11.9 Å². The molecule has 0 bridgehead atoms. The molecule has 5 rings (SSSR count). The number of hydrogen-bond acceptors (Lipinski definition) is 9. The average molecular weight is 518 g/mol. The van der Waals surface area contributed by atoms with Crippen molar-refractivity contribution in [3.8, 4) is 5.75 Å². The molecule has 194 valence electrons. The van der Waals surface area contributed by atoms with Gasteiger partial charge in [-0.15, -0.1) is 0 Å². The zero-order valence-electron chi connectivity index (χ0n) is 22.0. The molecule has 0 radical (unpaired) electrons. The van der Waals surface area contributed by atoms with Crippen molar-refractivity contribution in [1.29, 1.82) is 0 Å². The number of fused-ring (bicyclic) bond motifs is 1. The summed E-state index contributed by atoms with van der Waals surface area (Å²) in [5.74, 6) is 2.31. The van der Waals surface area contributed by atoms with Gasteiger partial charge in [-0.1, -0.05) is 18.5 Å². The lowest BCUT2D eigenvalue weighted by atomic mass is 9.95. The smallest absolute Gasteiger partial charge is 0.227 e. The van der Waals surface area contributed by atoms with Crippen LogP contribution in [0, 0.1) is 6.92 Å². The lowest BCUT2D eigenvalue weighted by molar-refractivity contribution is 0.102. The summed E-state index contributed by atoms with van der Waals surface area (Å²) in [6.07, 6.45) is 8.01. The summed E-state index contributed by atoms with van der Waals surface area (Å²) >= 11 is 1.54. The van der Waals surface area contributed by atoms with Crippen LogP contribution in [-0.2, 0) is 13.1 Å². The van der Waals surface area contributed by atoms with Gasteiger partial charge in [0.05, 0.1) is 12.8 Å². The van der Waals surface area contributed by atoms with Gasteiger partial charge in [0.25, 0.3) is 0 Å². The van der Waals surface area contributed by atoms with Crippen molar-refractivity contribution < 1.29 is 4.74 Å². The van der Waals surface area contributed by atoms with Crippen molar-refractivity contribution in [1.82, 2.24) is 24.8 Å². The fraction of sp³-hybridized carbons (Fsp3) is 0.393. The molecular weight excluding hydrogens is 482 g/mol. The summed E-state index contributed by atoms with van der Waals surface area (Å²) in [5, 5.41) is 3.35. The highest BCUT2D eigenvalue weighted by atomic mass is 32.2. The molecule has 3 aromatic rings. The lowest BCUT2D eigenvalue weighted by Gasteiger charge is -2.43. The first-order valence-electron chi connectivity index (χ1n) is 12.7. The third-order valence-electron chi connectivity index (χ3n) is 7.23. The van der Waals surface area contributed by atoms with Gasteiger partial charge in [0.2, 0.25) is 5.95 Å². The molecule has 1 fully saturated rings. The number of aromatic nitrogens is 3. The SMILES string of the molecule is C=C(c1ccnc(NSC)c1)N1CC[C@@H](N2Cc3cnc(Nc4cc(C)cc(OC)c4)nc3C2)C[C@H]1C. The van der Waals surface area contributed by atoms with Gasteiger partial charge in [-0.25, -0.2) is 15.0 Å². The minimum Gasteiger partial charge on any atom is -0.497 e. The van der Waals surface area contributed by atoms with Crippen molar-refractivity contribution in [2.75, 3.05) is 29.9 Å². The molecule has 0 aliphatic carbocycles. The van der Waals surface area contributed by atoms with Gasteiger partial charge >= 0.3 is 0 Å². The number of piperidine rings is 1. The van der Waals surface area contributed by atoms with E-state index in [4.69, 9.17) is 9.72 Å². The first-order chi connectivity index (χ1) is 17.9. The second-order valence-electron chi connectivity index (χ2n) is 9.84. The number of rotatable bonds is 8. The third-order valence-corrected chi connectivity index (χ3v) is 7.65. The van der Waals surface area contributed by atoms with Crippen LogP contribution in [0.3, 0.4) is 0 Å². The Balaban J connectivity index is 1.21. The van der Waals surface area contributed by atoms with Crippen molar-refractivity contribution in [2.24, 2.45) is 0 Å². The summed E-state index contributed by atoms with van der Waals surface area (Å²) in [7, 11) is 1.68. The van der Waals surface area contributed by atoms with Gasteiger partial charge in [0, 0.05) is 78.9 Å². The normalized spacial score (nSPS) is 19.4. The molecule has 1 aromatic carbocycles. The van der Waals surface area contributed by atoms with E-state index in [9.17, 15) is 0 Å².